The molecule has 1 nitrogen and oxygen atoms in total. The molecule has 2 heteroatoms. The Bertz CT molecular complexity index is 215. The van der Waals surface area contributed by atoms with Crippen molar-refractivity contribution in [2.24, 2.45) is 0 Å². The molecule has 1 rings (SSSR count). The molecule has 0 saturated heterocycles. The Morgan fingerprint density at radius 2 is 1.90 bits per heavy atom. The molecule has 0 fully saturated rings. The van der Waals surface area contributed by atoms with Gasteiger partial charge in [0.2, 0.25) is 0 Å². The summed E-state index contributed by atoms with van der Waals surface area (Å²) in [6.45, 7) is 2.11. The quantitative estimate of drug-likeness (QED) is 0.643. The van der Waals surface area contributed by atoms with Crippen molar-refractivity contribution in [2.45, 2.75) is 13.3 Å². The third-order valence-corrected chi connectivity index (χ3v) is 2.52. The van der Waals surface area contributed by atoms with Gasteiger partial charge in [-0.1, -0.05) is 0 Å². The predicted octanol–water partition coefficient (Wildman–Crippen LogP) is 0.924. The van der Waals surface area contributed by atoms with Crippen molar-refractivity contribution in [2.75, 3.05) is 0 Å². The standard InChI is InChI=1S/C8H9AsO/c1-2-7-3-5-8(9-10)6-4-7/h3-6H,2H2,1H3. The molecule has 0 N–H and O–H groups in total. The molecular weight excluding hydrogens is 187 g/mol. The molecule has 1 aromatic rings. The van der Waals surface area contributed by atoms with Gasteiger partial charge in [0, 0.05) is 0 Å². The van der Waals surface area contributed by atoms with Crippen LogP contribution in [0.3, 0.4) is 0 Å². The monoisotopic (exact) mass is 196 g/mol. The summed E-state index contributed by atoms with van der Waals surface area (Å²) in [5.74, 6) is 0. The Hall–Kier alpha value is -0.422. The molecule has 0 aliphatic rings. The first kappa shape index (κ1) is 7.68. The zero-order valence-corrected chi connectivity index (χ0v) is 7.75. The molecule has 52 valence electrons. The van der Waals surface area contributed by atoms with E-state index in [1.165, 1.54) is 5.56 Å². The van der Waals surface area contributed by atoms with Crippen molar-refractivity contribution in [3.05, 3.63) is 29.8 Å². The summed E-state index contributed by atoms with van der Waals surface area (Å²) in [5, 5.41) is 0. The number of aryl methyl sites for hydroxylation is 1. The molecule has 0 atom stereocenters. The van der Waals surface area contributed by atoms with Gasteiger partial charge in [-0.25, -0.2) is 0 Å². The second-order valence-corrected chi connectivity index (χ2v) is 3.58. The van der Waals surface area contributed by atoms with Crippen molar-refractivity contribution >= 4 is 20.0 Å². The van der Waals surface area contributed by atoms with Crippen LogP contribution in [0.15, 0.2) is 24.3 Å². The second-order valence-electron chi connectivity index (χ2n) is 2.11. The van der Waals surface area contributed by atoms with Crippen LogP contribution in [0.5, 0.6) is 0 Å². The van der Waals surface area contributed by atoms with Crippen LogP contribution in [0.4, 0.5) is 0 Å². The predicted molar refractivity (Wildman–Crippen MR) is 41.9 cm³/mol. The van der Waals surface area contributed by atoms with E-state index in [9.17, 15) is 3.74 Å². The first-order valence-electron chi connectivity index (χ1n) is 3.29. The normalized spacial score (nSPS) is 10.1. The van der Waals surface area contributed by atoms with Gasteiger partial charge >= 0.3 is 67.0 Å². The van der Waals surface area contributed by atoms with Crippen LogP contribution in [-0.4, -0.2) is 15.7 Å². The molecule has 10 heavy (non-hydrogen) atoms. The first-order chi connectivity index (χ1) is 4.86. The minimum atomic E-state index is -0.833. The van der Waals surface area contributed by atoms with E-state index in [-0.39, 0.29) is 0 Å². The minimum absolute atomic E-state index is 0.833. The third kappa shape index (κ3) is 1.78. The van der Waals surface area contributed by atoms with E-state index in [0.29, 0.717) is 0 Å². The topological polar surface area (TPSA) is 17.1 Å². The number of benzene rings is 1. The molecule has 0 aliphatic heterocycles. The van der Waals surface area contributed by atoms with Crippen LogP contribution >= 0.6 is 0 Å². The number of rotatable bonds is 2. The van der Waals surface area contributed by atoms with Crippen molar-refractivity contribution in [3.8, 4) is 0 Å². The third-order valence-electron chi connectivity index (χ3n) is 1.45. The summed E-state index contributed by atoms with van der Waals surface area (Å²) in [6, 6.07) is 7.93. The van der Waals surface area contributed by atoms with Crippen molar-refractivity contribution in [1.82, 2.24) is 0 Å². The van der Waals surface area contributed by atoms with Gasteiger partial charge in [-0.15, -0.1) is 0 Å². The molecule has 0 heterocycles. The summed E-state index contributed by atoms with van der Waals surface area (Å²) < 4.78 is 11.4. The van der Waals surface area contributed by atoms with E-state index in [4.69, 9.17) is 0 Å². The van der Waals surface area contributed by atoms with E-state index in [2.05, 4.69) is 6.92 Å². The second kappa shape index (κ2) is 3.68. The van der Waals surface area contributed by atoms with Crippen molar-refractivity contribution < 1.29 is 3.74 Å². The van der Waals surface area contributed by atoms with Crippen LogP contribution < -0.4 is 4.35 Å². The average molecular weight is 196 g/mol. The van der Waals surface area contributed by atoms with E-state index in [1.807, 2.05) is 24.3 Å². The van der Waals surface area contributed by atoms with Crippen molar-refractivity contribution in [1.29, 1.82) is 0 Å². The first-order valence-corrected chi connectivity index (χ1v) is 4.99. The average Bonchev–Trinajstić information content (AvgIpc) is 2.05. The zero-order valence-electron chi connectivity index (χ0n) is 5.87. The van der Waals surface area contributed by atoms with Crippen LogP contribution in [0.2, 0.25) is 0 Å². The fraction of sp³-hybridized carbons (Fsp3) is 0.250. The van der Waals surface area contributed by atoms with Gasteiger partial charge in [-0.3, -0.25) is 0 Å². The van der Waals surface area contributed by atoms with Crippen LogP contribution in [0.25, 0.3) is 0 Å². The van der Waals surface area contributed by atoms with Gasteiger partial charge in [0.15, 0.2) is 0 Å². The van der Waals surface area contributed by atoms with E-state index in [1.54, 1.807) is 0 Å². The zero-order chi connectivity index (χ0) is 7.40. The molecule has 0 radical (unpaired) electrons. The molecule has 0 spiro atoms. The molecular formula is C8H9AsO. The summed E-state index contributed by atoms with van der Waals surface area (Å²) in [4.78, 5) is 0. The molecule has 0 aliphatic carbocycles. The van der Waals surface area contributed by atoms with Gasteiger partial charge in [0.1, 0.15) is 0 Å². The van der Waals surface area contributed by atoms with Crippen LogP contribution in [-0.2, 0) is 10.2 Å². The Balaban J connectivity index is 2.90. The molecule has 1 aromatic carbocycles. The number of hydrogen-bond donors (Lipinski definition) is 0. The molecule has 0 saturated carbocycles. The summed E-state index contributed by atoms with van der Waals surface area (Å²) >= 11 is -0.833. The summed E-state index contributed by atoms with van der Waals surface area (Å²) in [6.07, 6.45) is 1.05. The van der Waals surface area contributed by atoms with E-state index < -0.39 is 15.7 Å². The van der Waals surface area contributed by atoms with Gasteiger partial charge in [0.25, 0.3) is 0 Å². The maximum atomic E-state index is 10.4. The van der Waals surface area contributed by atoms with Gasteiger partial charge in [-0.05, 0) is 0 Å². The Morgan fingerprint density at radius 1 is 1.30 bits per heavy atom. The Morgan fingerprint density at radius 3 is 2.30 bits per heavy atom. The fourth-order valence-corrected chi connectivity index (χ4v) is 1.36. The molecule has 0 amide bonds. The molecule has 0 unspecified atom stereocenters. The fourth-order valence-electron chi connectivity index (χ4n) is 0.793. The molecule has 0 aromatic heterocycles. The van der Waals surface area contributed by atoms with E-state index >= 15 is 0 Å². The van der Waals surface area contributed by atoms with Gasteiger partial charge in [0.05, 0.1) is 0 Å². The van der Waals surface area contributed by atoms with E-state index in [0.717, 1.165) is 10.8 Å². The van der Waals surface area contributed by atoms with Gasteiger partial charge < -0.3 is 0 Å². The van der Waals surface area contributed by atoms with Crippen LogP contribution in [0.1, 0.15) is 12.5 Å². The summed E-state index contributed by atoms with van der Waals surface area (Å²) in [7, 11) is 0. The van der Waals surface area contributed by atoms with Crippen LogP contribution in [0, 0.1) is 0 Å². The van der Waals surface area contributed by atoms with Crippen molar-refractivity contribution in [3.63, 3.8) is 0 Å². The SMILES string of the molecule is CCc1ccc([As]=O)cc1. The number of hydrogen-bond acceptors (Lipinski definition) is 1. The Labute approximate surface area is 67.4 Å². The molecule has 0 bridgehead atoms. The Kier molecular flexibility index (Phi) is 2.82. The summed E-state index contributed by atoms with van der Waals surface area (Å²) in [5.41, 5.74) is 1.30. The van der Waals surface area contributed by atoms with Gasteiger partial charge in [-0.2, -0.15) is 0 Å². The maximum absolute atomic E-state index is 10.4.